The number of sulfonamides is 1. The van der Waals surface area contributed by atoms with Crippen LogP contribution in [0.25, 0.3) is 0 Å². The third kappa shape index (κ3) is 5.52. The molecule has 3 rings (SSSR count). The van der Waals surface area contributed by atoms with Crippen molar-refractivity contribution in [3.05, 3.63) is 101 Å². The minimum atomic E-state index is -3.64. The van der Waals surface area contributed by atoms with Crippen LogP contribution < -0.4 is 9.62 Å². The highest BCUT2D eigenvalue weighted by Gasteiger charge is 2.24. The Morgan fingerprint density at radius 1 is 0.871 bits per heavy atom. The van der Waals surface area contributed by atoms with Gasteiger partial charge in [0.1, 0.15) is 6.54 Å². The number of carbonyl (C=O) groups is 1. The molecule has 3 aromatic rings. The van der Waals surface area contributed by atoms with Crippen LogP contribution in [0.2, 0.25) is 0 Å². The molecule has 0 unspecified atom stereocenters. The summed E-state index contributed by atoms with van der Waals surface area (Å²) in [7, 11) is -3.64. The quantitative estimate of drug-likeness (QED) is 0.601. The van der Waals surface area contributed by atoms with Crippen LogP contribution in [0.1, 0.15) is 33.9 Å². The third-order valence-electron chi connectivity index (χ3n) is 5.40. The number of aryl methyl sites for hydroxylation is 3. The molecule has 5 nitrogen and oxygen atoms in total. The summed E-state index contributed by atoms with van der Waals surface area (Å²) in [5.74, 6) is -0.374. The van der Waals surface area contributed by atoms with E-state index in [1.54, 1.807) is 12.1 Å². The van der Waals surface area contributed by atoms with E-state index in [0.717, 1.165) is 38.4 Å². The molecule has 6 heteroatoms. The molecule has 0 aromatic heterocycles. The lowest BCUT2D eigenvalue weighted by atomic mass is 9.95. The molecule has 0 aliphatic carbocycles. The first kappa shape index (κ1) is 22.6. The van der Waals surface area contributed by atoms with Crippen LogP contribution in [0.5, 0.6) is 0 Å². The van der Waals surface area contributed by atoms with E-state index in [2.05, 4.69) is 5.32 Å². The smallest absolute Gasteiger partial charge is 0.241 e. The maximum absolute atomic E-state index is 13.1. The molecule has 0 heterocycles. The van der Waals surface area contributed by atoms with Crippen LogP contribution >= 0.6 is 0 Å². The molecular formula is C25H28N2O3S. The number of nitrogens with one attached hydrogen (secondary N) is 1. The fourth-order valence-corrected chi connectivity index (χ4v) is 4.36. The molecule has 0 aliphatic rings. The third-order valence-corrected chi connectivity index (χ3v) is 6.54. The minimum Gasteiger partial charge on any atom is -0.344 e. The number of hydrogen-bond acceptors (Lipinski definition) is 3. The summed E-state index contributed by atoms with van der Waals surface area (Å²) < 4.78 is 26.1. The fraction of sp³-hybridized carbons (Fsp3) is 0.240. The van der Waals surface area contributed by atoms with E-state index in [4.69, 9.17) is 0 Å². The first-order valence-electron chi connectivity index (χ1n) is 10.1. The van der Waals surface area contributed by atoms with Gasteiger partial charge in [-0.2, -0.15) is 0 Å². The van der Waals surface area contributed by atoms with Crippen LogP contribution in [-0.4, -0.2) is 27.1 Å². The van der Waals surface area contributed by atoms with Gasteiger partial charge in [0, 0.05) is 0 Å². The van der Waals surface area contributed by atoms with Crippen molar-refractivity contribution in [3.63, 3.8) is 0 Å². The highest BCUT2D eigenvalue weighted by Crippen LogP contribution is 2.26. The largest absolute Gasteiger partial charge is 0.344 e. The van der Waals surface area contributed by atoms with E-state index in [1.165, 1.54) is 0 Å². The summed E-state index contributed by atoms with van der Waals surface area (Å²) in [5.41, 5.74) is 5.46. The first-order valence-corrected chi connectivity index (χ1v) is 12.0. The molecule has 31 heavy (non-hydrogen) atoms. The molecule has 0 radical (unpaired) electrons. The van der Waals surface area contributed by atoms with E-state index in [0.29, 0.717) is 5.69 Å². The zero-order valence-corrected chi connectivity index (χ0v) is 19.1. The van der Waals surface area contributed by atoms with Crippen molar-refractivity contribution in [1.82, 2.24) is 5.32 Å². The minimum absolute atomic E-state index is 0.295. The number of rotatable bonds is 7. The van der Waals surface area contributed by atoms with Gasteiger partial charge in [0.25, 0.3) is 0 Å². The van der Waals surface area contributed by atoms with Gasteiger partial charge in [-0.15, -0.1) is 0 Å². The fourth-order valence-electron chi connectivity index (χ4n) is 3.51. The molecule has 1 amide bonds. The van der Waals surface area contributed by atoms with Crippen molar-refractivity contribution in [2.75, 3.05) is 17.1 Å². The van der Waals surface area contributed by atoms with Crippen LogP contribution in [0.15, 0.2) is 72.8 Å². The van der Waals surface area contributed by atoms with Crippen LogP contribution in [0, 0.1) is 20.8 Å². The highest BCUT2D eigenvalue weighted by molar-refractivity contribution is 7.92. The van der Waals surface area contributed by atoms with Crippen molar-refractivity contribution in [1.29, 1.82) is 0 Å². The molecule has 0 bridgehead atoms. The standard InChI is InChI=1S/C25H28N2O3S/c1-18-14-15-22(16-20(18)3)27(31(4,29)30)17-24(28)26-25(21-11-6-5-7-12-21)23-13-9-8-10-19(23)2/h5-16,25H,17H2,1-4H3,(H,26,28)/t25-/m0/s1. The van der Waals surface area contributed by atoms with E-state index in [9.17, 15) is 13.2 Å². The Morgan fingerprint density at radius 2 is 1.52 bits per heavy atom. The molecular weight excluding hydrogens is 408 g/mol. The molecule has 1 atom stereocenters. The van der Waals surface area contributed by atoms with Gasteiger partial charge in [0.05, 0.1) is 18.0 Å². The van der Waals surface area contributed by atoms with Crippen molar-refractivity contribution in [2.45, 2.75) is 26.8 Å². The van der Waals surface area contributed by atoms with Gasteiger partial charge in [-0.3, -0.25) is 9.10 Å². The Balaban J connectivity index is 1.92. The summed E-state index contributed by atoms with van der Waals surface area (Å²) in [6.45, 7) is 5.58. The molecule has 1 N–H and O–H groups in total. The Hall–Kier alpha value is -3.12. The van der Waals surface area contributed by atoms with Crippen molar-refractivity contribution >= 4 is 21.6 Å². The lowest BCUT2D eigenvalue weighted by molar-refractivity contribution is -0.120. The van der Waals surface area contributed by atoms with E-state index < -0.39 is 10.0 Å². The second-order valence-electron chi connectivity index (χ2n) is 7.81. The molecule has 0 saturated heterocycles. The lowest BCUT2D eigenvalue weighted by Gasteiger charge is -2.26. The first-order chi connectivity index (χ1) is 14.7. The van der Waals surface area contributed by atoms with Crippen LogP contribution in [0.4, 0.5) is 5.69 Å². The van der Waals surface area contributed by atoms with Gasteiger partial charge >= 0.3 is 0 Å². The number of amides is 1. The van der Waals surface area contributed by atoms with Gasteiger partial charge in [-0.25, -0.2) is 8.42 Å². The lowest BCUT2D eigenvalue weighted by Crippen LogP contribution is -2.42. The summed E-state index contributed by atoms with van der Waals surface area (Å²) in [5, 5.41) is 3.04. The van der Waals surface area contributed by atoms with Gasteiger partial charge in [0.2, 0.25) is 15.9 Å². The number of anilines is 1. The predicted molar refractivity (Wildman–Crippen MR) is 126 cm³/mol. The van der Waals surface area contributed by atoms with Crippen molar-refractivity contribution < 1.29 is 13.2 Å². The molecule has 0 fully saturated rings. The Kier molecular flexibility index (Phi) is 6.81. The Labute approximate surface area is 184 Å². The number of carbonyl (C=O) groups excluding carboxylic acids is 1. The number of nitrogens with zero attached hydrogens (tertiary/aromatic N) is 1. The van der Waals surface area contributed by atoms with Gasteiger partial charge in [0.15, 0.2) is 0 Å². The topological polar surface area (TPSA) is 66.5 Å². The SMILES string of the molecule is Cc1ccc(N(CC(=O)N[C@@H](c2ccccc2)c2ccccc2C)S(C)(=O)=O)cc1C. The summed E-state index contributed by atoms with van der Waals surface area (Å²) in [6.07, 6.45) is 1.12. The molecule has 0 saturated carbocycles. The maximum Gasteiger partial charge on any atom is 0.241 e. The number of hydrogen-bond donors (Lipinski definition) is 1. The number of benzene rings is 3. The second kappa shape index (κ2) is 9.35. The van der Waals surface area contributed by atoms with Gasteiger partial charge in [-0.1, -0.05) is 60.7 Å². The average Bonchev–Trinajstić information content (AvgIpc) is 2.73. The molecule has 0 aliphatic heterocycles. The summed E-state index contributed by atoms with van der Waals surface area (Å²) >= 11 is 0. The van der Waals surface area contributed by atoms with Crippen LogP contribution in [0.3, 0.4) is 0 Å². The normalized spacial score (nSPS) is 12.3. The van der Waals surface area contributed by atoms with Crippen molar-refractivity contribution in [2.24, 2.45) is 0 Å². The summed E-state index contributed by atoms with van der Waals surface area (Å²) in [6, 6.07) is 22.5. The highest BCUT2D eigenvalue weighted by atomic mass is 32.2. The Bertz CT molecular complexity index is 1170. The average molecular weight is 437 g/mol. The zero-order valence-electron chi connectivity index (χ0n) is 18.3. The zero-order chi connectivity index (χ0) is 22.6. The molecule has 0 spiro atoms. The summed E-state index contributed by atoms with van der Waals surface area (Å²) in [4.78, 5) is 13.1. The second-order valence-corrected chi connectivity index (χ2v) is 9.71. The Morgan fingerprint density at radius 3 is 2.13 bits per heavy atom. The van der Waals surface area contributed by atoms with E-state index in [1.807, 2.05) is 81.4 Å². The van der Waals surface area contributed by atoms with Crippen molar-refractivity contribution in [3.8, 4) is 0 Å². The monoisotopic (exact) mass is 436 g/mol. The predicted octanol–water partition coefficient (Wildman–Crippen LogP) is 4.28. The van der Waals surface area contributed by atoms with E-state index in [-0.39, 0.29) is 18.5 Å². The maximum atomic E-state index is 13.1. The van der Waals surface area contributed by atoms with Gasteiger partial charge < -0.3 is 5.32 Å². The molecule has 162 valence electrons. The van der Waals surface area contributed by atoms with Crippen LogP contribution in [-0.2, 0) is 14.8 Å². The van der Waals surface area contributed by atoms with Gasteiger partial charge in [-0.05, 0) is 60.7 Å². The van der Waals surface area contributed by atoms with E-state index >= 15 is 0 Å². The molecule has 3 aromatic carbocycles.